The number of rotatable bonds is 7. The largest absolute Gasteiger partial charge is 0.493 e. The highest BCUT2D eigenvalue weighted by molar-refractivity contribution is 5.96. The SMILES string of the molecule is COc1ccc(C(=O)NNC(=O)COC(=O)C2CC2c2ccc(F)cc2)cc1OC. The van der Waals surface area contributed by atoms with Crippen LogP contribution in [0.2, 0.25) is 0 Å². The van der Waals surface area contributed by atoms with Crippen LogP contribution in [0.25, 0.3) is 0 Å². The van der Waals surface area contributed by atoms with E-state index in [1.54, 1.807) is 18.2 Å². The molecule has 0 heterocycles. The van der Waals surface area contributed by atoms with E-state index in [0.29, 0.717) is 17.9 Å². The number of carbonyl (C=O) groups is 3. The summed E-state index contributed by atoms with van der Waals surface area (Å²) in [5.74, 6) is -1.67. The molecule has 2 atom stereocenters. The minimum Gasteiger partial charge on any atom is -0.493 e. The smallest absolute Gasteiger partial charge is 0.310 e. The molecule has 0 radical (unpaired) electrons. The number of esters is 1. The summed E-state index contributed by atoms with van der Waals surface area (Å²) in [6.07, 6.45) is 0.585. The monoisotopic (exact) mass is 416 g/mol. The van der Waals surface area contributed by atoms with Crippen LogP contribution >= 0.6 is 0 Å². The van der Waals surface area contributed by atoms with Gasteiger partial charge < -0.3 is 14.2 Å². The molecule has 8 nitrogen and oxygen atoms in total. The molecule has 0 aliphatic heterocycles. The number of benzene rings is 2. The third-order valence-electron chi connectivity index (χ3n) is 4.70. The number of hydrazine groups is 1. The first-order chi connectivity index (χ1) is 14.4. The maximum Gasteiger partial charge on any atom is 0.310 e. The van der Waals surface area contributed by atoms with Gasteiger partial charge in [-0.1, -0.05) is 12.1 Å². The Labute approximate surface area is 172 Å². The number of carbonyl (C=O) groups excluding carboxylic acids is 3. The third-order valence-corrected chi connectivity index (χ3v) is 4.70. The van der Waals surface area contributed by atoms with Crippen LogP contribution in [0.4, 0.5) is 4.39 Å². The predicted octanol–water partition coefficient (Wildman–Crippen LogP) is 1.95. The lowest BCUT2D eigenvalue weighted by Crippen LogP contribution is -2.43. The van der Waals surface area contributed by atoms with Crippen LogP contribution in [0.15, 0.2) is 42.5 Å². The summed E-state index contributed by atoms with van der Waals surface area (Å²) in [4.78, 5) is 36.1. The number of hydrogen-bond donors (Lipinski definition) is 2. The number of ether oxygens (including phenoxy) is 3. The molecule has 0 saturated heterocycles. The minimum absolute atomic E-state index is 0.0362. The van der Waals surface area contributed by atoms with Crippen molar-refractivity contribution < 1.29 is 33.0 Å². The van der Waals surface area contributed by atoms with Crippen LogP contribution < -0.4 is 20.3 Å². The van der Waals surface area contributed by atoms with Gasteiger partial charge in [0.25, 0.3) is 11.8 Å². The topological polar surface area (TPSA) is 103 Å². The molecule has 0 bridgehead atoms. The van der Waals surface area contributed by atoms with Crippen molar-refractivity contribution in [1.29, 1.82) is 0 Å². The van der Waals surface area contributed by atoms with Crippen molar-refractivity contribution in [2.45, 2.75) is 12.3 Å². The van der Waals surface area contributed by atoms with Gasteiger partial charge in [-0.25, -0.2) is 4.39 Å². The van der Waals surface area contributed by atoms with Gasteiger partial charge in [-0.05, 0) is 48.2 Å². The minimum atomic E-state index is -0.684. The Morgan fingerprint density at radius 3 is 2.37 bits per heavy atom. The fraction of sp³-hybridized carbons (Fsp3) is 0.286. The first kappa shape index (κ1) is 21.1. The fourth-order valence-corrected chi connectivity index (χ4v) is 2.99. The molecule has 2 amide bonds. The Kier molecular flexibility index (Phi) is 6.51. The van der Waals surface area contributed by atoms with Crippen molar-refractivity contribution in [3.05, 3.63) is 59.4 Å². The van der Waals surface area contributed by atoms with E-state index < -0.39 is 24.4 Å². The molecule has 30 heavy (non-hydrogen) atoms. The van der Waals surface area contributed by atoms with Gasteiger partial charge in [-0.2, -0.15) is 0 Å². The fourth-order valence-electron chi connectivity index (χ4n) is 2.99. The summed E-state index contributed by atoms with van der Waals surface area (Å²) in [6, 6.07) is 10.5. The Hall–Kier alpha value is -3.62. The average molecular weight is 416 g/mol. The molecule has 1 fully saturated rings. The van der Waals surface area contributed by atoms with E-state index in [2.05, 4.69) is 10.9 Å². The molecule has 158 valence electrons. The van der Waals surface area contributed by atoms with E-state index >= 15 is 0 Å². The normalized spacial score (nSPS) is 16.9. The molecule has 0 aromatic heterocycles. The molecular formula is C21H21FN2O6. The van der Waals surface area contributed by atoms with E-state index in [4.69, 9.17) is 14.2 Å². The summed E-state index contributed by atoms with van der Waals surface area (Å²) >= 11 is 0. The number of nitrogens with one attached hydrogen (secondary N) is 2. The summed E-state index contributed by atoms with van der Waals surface area (Å²) in [6.45, 7) is -0.530. The highest BCUT2D eigenvalue weighted by Gasteiger charge is 2.45. The molecule has 3 rings (SSSR count). The standard InChI is InChI=1S/C21H21FN2O6/c1-28-17-8-5-13(9-18(17)29-2)20(26)24-23-19(25)11-30-21(27)16-10-15(16)12-3-6-14(22)7-4-12/h3-9,15-16H,10-11H2,1-2H3,(H,23,25)(H,24,26). The zero-order valence-corrected chi connectivity index (χ0v) is 16.4. The highest BCUT2D eigenvalue weighted by Crippen LogP contribution is 2.48. The van der Waals surface area contributed by atoms with E-state index in [1.165, 1.54) is 38.5 Å². The Balaban J connectivity index is 1.42. The van der Waals surface area contributed by atoms with Gasteiger partial charge in [-0.3, -0.25) is 25.2 Å². The zero-order valence-electron chi connectivity index (χ0n) is 16.4. The second-order valence-electron chi connectivity index (χ2n) is 6.68. The second-order valence-corrected chi connectivity index (χ2v) is 6.68. The van der Waals surface area contributed by atoms with Crippen LogP contribution in [0, 0.1) is 11.7 Å². The Morgan fingerprint density at radius 2 is 1.70 bits per heavy atom. The Morgan fingerprint density at radius 1 is 1.00 bits per heavy atom. The highest BCUT2D eigenvalue weighted by atomic mass is 19.1. The van der Waals surface area contributed by atoms with Crippen LogP contribution in [0.1, 0.15) is 28.3 Å². The van der Waals surface area contributed by atoms with Crippen LogP contribution in [0.3, 0.4) is 0 Å². The van der Waals surface area contributed by atoms with Gasteiger partial charge in [0.05, 0.1) is 20.1 Å². The van der Waals surface area contributed by atoms with E-state index in [1.807, 2.05) is 0 Å². The van der Waals surface area contributed by atoms with Crippen LogP contribution in [-0.4, -0.2) is 38.6 Å². The van der Waals surface area contributed by atoms with Crippen molar-refractivity contribution in [2.24, 2.45) is 5.92 Å². The van der Waals surface area contributed by atoms with E-state index in [-0.39, 0.29) is 23.2 Å². The predicted molar refractivity (Wildman–Crippen MR) is 103 cm³/mol. The van der Waals surface area contributed by atoms with Crippen LogP contribution in [-0.2, 0) is 14.3 Å². The number of hydrogen-bond acceptors (Lipinski definition) is 6. The Bertz CT molecular complexity index is 947. The van der Waals surface area contributed by atoms with E-state index in [0.717, 1.165) is 5.56 Å². The maximum atomic E-state index is 13.0. The van der Waals surface area contributed by atoms with Gasteiger partial charge in [0.15, 0.2) is 18.1 Å². The van der Waals surface area contributed by atoms with Gasteiger partial charge in [0.2, 0.25) is 0 Å². The molecule has 2 aromatic rings. The third kappa shape index (κ3) is 5.05. The van der Waals surface area contributed by atoms with Crippen molar-refractivity contribution in [3.8, 4) is 11.5 Å². The van der Waals surface area contributed by atoms with Gasteiger partial charge in [0, 0.05) is 5.56 Å². The summed E-state index contributed by atoms with van der Waals surface area (Å²) < 4.78 is 28.2. The average Bonchev–Trinajstić information content (AvgIpc) is 3.56. The summed E-state index contributed by atoms with van der Waals surface area (Å²) in [5, 5.41) is 0. The molecule has 2 unspecified atom stereocenters. The summed E-state index contributed by atoms with van der Waals surface area (Å²) in [7, 11) is 2.92. The van der Waals surface area contributed by atoms with Gasteiger partial charge in [0.1, 0.15) is 5.82 Å². The van der Waals surface area contributed by atoms with Crippen molar-refractivity contribution >= 4 is 17.8 Å². The van der Waals surface area contributed by atoms with Gasteiger partial charge in [-0.15, -0.1) is 0 Å². The zero-order chi connectivity index (χ0) is 21.7. The molecular weight excluding hydrogens is 395 g/mol. The number of halogens is 1. The first-order valence-electron chi connectivity index (χ1n) is 9.16. The van der Waals surface area contributed by atoms with Crippen LogP contribution in [0.5, 0.6) is 11.5 Å². The number of methoxy groups -OCH3 is 2. The maximum absolute atomic E-state index is 13.0. The van der Waals surface area contributed by atoms with Crippen molar-refractivity contribution in [2.75, 3.05) is 20.8 Å². The molecule has 0 spiro atoms. The molecule has 1 aliphatic carbocycles. The molecule has 9 heteroatoms. The van der Waals surface area contributed by atoms with Gasteiger partial charge >= 0.3 is 5.97 Å². The molecule has 2 aromatic carbocycles. The number of amides is 2. The molecule has 2 N–H and O–H groups in total. The molecule has 1 saturated carbocycles. The quantitative estimate of drug-likeness (QED) is 0.528. The lowest BCUT2D eigenvalue weighted by Gasteiger charge is -2.11. The summed E-state index contributed by atoms with van der Waals surface area (Å²) in [5.41, 5.74) is 5.51. The lowest BCUT2D eigenvalue weighted by atomic mass is 10.1. The lowest BCUT2D eigenvalue weighted by molar-refractivity contribution is -0.150. The van der Waals surface area contributed by atoms with E-state index in [9.17, 15) is 18.8 Å². The molecule has 1 aliphatic rings. The van der Waals surface area contributed by atoms with Crippen molar-refractivity contribution in [1.82, 2.24) is 10.9 Å². The van der Waals surface area contributed by atoms with Crippen molar-refractivity contribution in [3.63, 3.8) is 0 Å². The first-order valence-corrected chi connectivity index (χ1v) is 9.16. The second kappa shape index (κ2) is 9.25.